The van der Waals surface area contributed by atoms with Crippen molar-refractivity contribution in [3.05, 3.63) is 29.3 Å². The molecule has 0 bridgehead atoms. The van der Waals surface area contributed by atoms with Gasteiger partial charge in [-0.1, -0.05) is 19.9 Å². The van der Waals surface area contributed by atoms with Gasteiger partial charge in [0.1, 0.15) is 0 Å². The molecule has 118 valence electrons. The molecular formula is C15H23NO4S. The second-order valence-corrected chi connectivity index (χ2v) is 6.78. The highest BCUT2D eigenvalue weighted by Crippen LogP contribution is 2.22. The quantitative estimate of drug-likeness (QED) is 0.726. The molecule has 0 aliphatic carbocycles. The second kappa shape index (κ2) is 7.56. The van der Waals surface area contributed by atoms with Crippen LogP contribution in [0, 0.1) is 6.92 Å². The minimum absolute atomic E-state index is 0.173. The molecule has 0 aliphatic heterocycles. The van der Waals surface area contributed by atoms with Crippen LogP contribution in [0.3, 0.4) is 0 Å². The number of benzene rings is 1. The topological polar surface area (TPSA) is 63.7 Å². The fourth-order valence-corrected chi connectivity index (χ4v) is 3.99. The summed E-state index contributed by atoms with van der Waals surface area (Å²) in [6.45, 7) is 6.55. The largest absolute Gasteiger partial charge is 0.465 e. The van der Waals surface area contributed by atoms with Crippen molar-refractivity contribution in [1.82, 2.24) is 4.31 Å². The first-order valence-electron chi connectivity index (χ1n) is 7.07. The average molecular weight is 313 g/mol. The molecule has 0 atom stereocenters. The third kappa shape index (κ3) is 4.04. The zero-order valence-corrected chi connectivity index (χ0v) is 13.9. The third-order valence-corrected chi connectivity index (χ3v) is 5.21. The fourth-order valence-electron chi connectivity index (χ4n) is 2.11. The zero-order chi connectivity index (χ0) is 16.0. The van der Waals surface area contributed by atoms with Crippen molar-refractivity contribution < 1.29 is 17.9 Å². The van der Waals surface area contributed by atoms with Gasteiger partial charge in [-0.05, 0) is 37.5 Å². The molecule has 6 heteroatoms. The molecule has 0 N–H and O–H groups in total. The van der Waals surface area contributed by atoms with E-state index in [1.807, 2.05) is 13.8 Å². The maximum absolute atomic E-state index is 12.8. The number of carbonyl (C=O) groups excluding carboxylic acids is 1. The molecule has 0 aliphatic rings. The molecule has 1 rings (SSSR count). The van der Waals surface area contributed by atoms with Crippen LogP contribution >= 0.6 is 0 Å². The monoisotopic (exact) mass is 313 g/mol. The molecular weight excluding hydrogens is 290 g/mol. The number of rotatable bonds is 7. The molecule has 0 saturated heterocycles. The van der Waals surface area contributed by atoms with Gasteiger partial charge in [0.2, 0.25) is 10.0 Å². The highest BCUT2D eigenvalue weighted by molar-refractivity contribution is 7.89. The molecule has 0 amide bonds. The predicted octanol–water partition coefficient (Wildman–Crippen LogP) is 2.59. The molecule has 0 heterocycles. The first-order valence-corrected chi connectivity index (χ1v) is 8.51. The Kier molecular flexibility index (Phi) is 6.36. The van der Waals surface area contributed by atoms with E-state index >= 15 is 0 Å². The van der Waals surface area contributed by atoms with E-state index in [9.17, 15) is 13.2 Å². The van der Waals surface area contributed by atoms with Crippen molar-refractivity contribution in [2.75, 3.05) is 20.2 Å². The van der Waals surface area contributed by atoms with Crippen molar-refractivity contribution in [3.63, 3.8) is 0 Å². The van der Waals surface area contributed by atoms with Crippen molar-refractivity contribution >= 4 is 16.0 Å². The van der Waals surface area contributed by atoms with Crippen molar-refractivity contribution in [2.24, 2.45) is 0 Å². The first kappa shape index (κ1) is 17.7. The molecule has 21 heavy (non-hydrogen) atoms. The molecule has 0 fully saturated rings. The SMILES string of the molecule is CCCN(CCC)S(=O)(=O)c1cc(C(=O)OC)ccc1C. The Labute approximate surface area is 127 Å². The van der Waals surface area contributed by atoms with Gasteiger partial charge in [-0.3, -0.25) is 0 Å². The van der Waals surface area contributed by atoms with E-state index in [0.717, 1.165) is 12.8 Å². The molecule has 0 saturated carbocycles. The molecule has 1 aromatic carbocycles. The average Bonchev–Trinajstić information content (AvgIpc) is 2.46. The van der Waals surface area contributed by atoms with E-state index in [1.165, 1.54) is 17.5 Å². The van der Waals surface area contributed by atoms with Crippen molar-refractivity contribution in [1.29, 1.82) is 0 Å². The molecule has 0 unspecified atom stereocenters. The van der Waals surface area contributed by atoms with Gasteiger partial charge in [-0.2, -0.15) is 4.31 Å². The number of carbonyl (C=O) groups is 1. The maximum Gasteiger partial charge on any atom is 0.337 e. The highest BCUT2D eigenvalue weighted by atomic mass is 32.2. The summed E-state index contributed by atoms with van der Waals surface area (Å²) in [5.74, 6) is -0.538. The van der Waals surface area contributed by atoms with Gasteiger partial charge >= 0.3 is 5.97 Å². The van der Waals surface area contributed by atoms with Gasteiger partial charge in [-0.25, -0.2) is 13.2 Å². The van der Waals surface area contributed by atoms with E-state index in [4.69, 9.17) is 0 Å². The number of hydrogen-bond acceptors (Lipinski definition) is 4. The van der Waals surface area contributed by atoms with Gasteiger partial charge in [0.25, 0.3) is 0 Å². The lowest BCUT2D eigenvalue weighted by atomic mass is 10.1. The fraction of sp³-hybridized carbons (Fsp3) is 0.533. The Balaban J connectivity index is 3.31. The number of hydrogen-bond donors (Lipinski definition) is 0. The standard InChI is InChI=1S/C15H23NO4S/c1-5-9-16(10-6-2)21(18,19)14-11-13(15(17)20-4)8-7-12(14)3/h7-8,11H,5-6,9-10H2,1-4H3. The van der Waals surface area contributed by atoms with Crippen LogP contribution in [0.15, 0.2) is 23.1 Å². The number of nitrogens with zero attached hydrogens (tertiary/aromatic N) is 1. The molecule has 0 spiro atoms. The van der Waals surface area contributed by atoms with Gasteiger partial charge in [0, 0.05) is 13.1 Å². The molecule has 5 nitrogen and oxygen atoms in total. The summed E-state index contributed by atoms with van der Waals surface area (Å²) >= 11 is 0. The number of sulfonamides is 1. The normalized spacial score (nSPS) is 11.7. The smallest absolute Gasteiger partial charge is 0.337 e. The Morgan fingerprint density at radius 1 is 1.19 bits per heavy atom. The van der Waals surface area contributed by atoms with E-state index in [-0.39, 0.29) is 10.5 Å². The van der Waals surface area contributed by atoms with Crippen molar-refractivity contribution in [3.8, 4) is 0 Å². The van der Waals surface area contributed by atoms with Crippen LogP contribution in [0.4, 0.5) is 0 Å². The molecule has 0 radical (unpaired) electrons. The van der Waals surface area contributed by atoms with Crippen molar-refractivity contribution in [2.45, 2.75) is 38.5 Å². The first-order chi connectivity index (χ1) is 9.88. The van der Waals surface area contributed by atoms with E-state index < -0.39 is 16.0 Å². The number of esters is 1. The second-order valence-electron chi connectivity index (χ2n) is 4.88. The van der Waals surface area contributed by atoms with Crippen LogP contribution in [-0.2, 0) is 14.8 Å². The minimum Gasteiger partial charge on any atom is -0.465 e. The Bertz CT molecular complexity index is 590. The van der Waals surface area contributed by atoms with Gasteiger partial charge in [0.05, 0.1) is 17.6 Å². The van der Waals surface area contributed by atoms with Gasteiger partial charge < -0.3 is 4.74 Å². The third-order valence-electron chi connectivity index (χ3n) is 3.17. The van der Waals surface area contributed by atoms with E-state index in [2.05, 4.69) is 4.74 Å². The zero-order valence-electron chi connectivity index (χ0n) is 13.0. The lowest BCUT2D eigenvalue weighted by Gasteiger charge is -2.22. The summed E-state index contributed by atoms with van der Waals surface area (Å²) in [6, 6.07) is 4.61. The van der Waals surface area contributed by atoms with E-state index in [0.29, 0.717) is 18.7 Å². The predicted molar refractivity (Wildman–Crippen MR) is 81.9 cm³/mol. The molecule has 0 aromatic heterocycles. The van der Waals surface area contributed by atoms with Crippen LogP contribution < -0.4 is 0 Å². The summed E-state index contributed by atoms with van der Waals surface area (Å²) < 4.78 is 31.7. The van der Waals surface area contributed by atoms with Crippen LogP contribution in [0.25, 0.3) is 0 Å². The lowest BCUT2D eigenvalue weighted by molar-refractivity contribution is 0.0600. The number of methoxy groups -OCH3 is 1. The Morgan fingerprint density at radius 3 is 2.24 bits per heavy atom. The Morgan fingerprint density at radius 2 is 1.76 bits per heavy atom. The van der Waals surface area contributed by atoms with E-state index in [1.54, 1.807) is 19.1 Å². The van der Waals surface area contributed by atoms with Crippen LogP contribution in [0.1, 0.15) is 42.6 Å². The Hall–Kier alpha value is -1.40. The number of ether oxygens (including phenoxy) is 1. The van der Waals surface area contributed by atoms with Crippen LogP contribution in [-0.4, -0.2) is 38.9 Å². The van der Waals surface area contributed by atoms with Gasteiger partial charge in [0.15, 0.2) is 0 Å². The summed E-state index contributed by atoms with van der Waals surface area (Å²) in [4.78, 5) is 11.8. The molecule has 1 aromatic rings. The van der Waals surface area contributed by atoms with Crippen LogP contribution in [0.5, 0.6) is 0 Å². The van der Waals surface area contributed by atoms with Crippen LogP contribution in [0.2, 0.25) is 0 Å². The van der Waals surface area contributed by atoms with Gasteiger partial charge in [-0.15, -0.1) is 0 Å². The minimum atomic E-state index is -3.59. The summed E-state index contributed by atoms with van der Waals surface area (Å²) in [6.07, 6.45) is 1.49. The maximum atomic E-state index is 12.8. The summed E-state index contributed by atoms with van der Waals surface area (Å²) in [5.41, 5.74) is 0.870. The summed E-state index contributed by atoms with van der Waals surface area (Å²) in [7, 11) is -2.32. The number of aryl methyl sites for hydroxylation is 1. The lowest BCUT2D eigenvalue weighted by Crippen LogP contribution is -2.33. The highest BCUT2D eigenvalue weighted by Gasteiger charge is 2.25. The summed E-state index contributed by atoms with van der Waals surface area (Å²) in [5, 5.41) is 0.